The number of allylic oxidation sites excluding steroid dienone is 2. The van der Waals surface area contributed by atoms with E-state index in [2.05, 4.69) is 12.2 Å². The Labute approximate surface area is 62.3 Å². The Hall–Kier alpha value is -0.260. The highest BCUT2D eigenvalue weighted by Gasteiger charge is 2.45. The van der Waals surface area contributed by atoms with Crippen LogP contribution in [0.15, 0.2) is 12.2 Å². The van der Waals surface area contributed by atoms with Gasteiger partial charge in [-0.3, -0.25) is 0 Å². The van der Waals surface area contributed by atoms with Crippen molar-refractivity contribution in [2.24, 2.45) is 23.7 Å². The van der Waals surface area contributed by atoms with Gasteiger partial charge in [0.1, 0.15) is 0 Å². The molecule has 2 fully saturated rings. The molecule has 0 aromatic rings. The van der Waals surface area contributed by atoms with Crippen molar-refractivity contribution in [1.82, 2.24) is 0 Å². The number of hydrogen-bond donors (Lipinski definition) is 0. The van der Waals surface area contributed by atoms with Crippen LogP contribution in [0, 0.1) is 23.7 Å². The van der Waals surface area contributed by atoms with E-state index >= 15 is 0 Å². The zero-order valence-electron chi connectivity index (χ0n) is 6.29. The van der Waals surface area contributed by atoms with Crippen molar-refractivity contribution in [3.63, 3.8) is 0 Å². The fraction of sp³-hybridized carbons (Fsp3) is 0.800. The monoisotopic (exact) mass is 134 g/mol. The highest BCUT2D eigenvalue weighted by atomic mass is 14.5. The van der Waals surface area contributed by atoms with Gasteiger partial charge in [0.25, 0.3) is 0 Å². The summed E-state index contributed by atoms with van der Waals surface area (Å²) in [7, 11) is 0. The molecule has 4 aliphatic rings. The molecule has 4 aliphatic carbocycles. The fourth-order valence-corrected chi connectivity index (χ4v) is 3.39. The predicted molar refractivity (Wildman–Crippen MR) is 41.6 cm³/mol. The first-order chi connectivity index (χ1) is 4.93. The molecule has 0 heteroatoms. The Morgan fingerprint density at radius 1 is 0.900 bits per heavy atom. The molecule has 4 rings (SSSR count). The van der Waals surface area contributed by atoms with Crippen LogP contribution in [0.1, 0.15) is 25.7 Å². The molecule has 0 heterocycles. The van der Waals surface area contributed by atoms with E-state index in [-0.39, 0.29) is 0 Å². The Morgan fingerprint density at radius 3 is 2.60 bits per heavy atom. The largest absolute Gasteiger partial charge is 0.0880 e. The van der Waals surface area contributed by atoms with Crippen molar-refractivity contribution in [1.29, 1.82) is 0 Å². The van der Waals surface area contributed by atoms with E-state index in [0.717, 1.165) is 23.7 Å². The van der Waals surface area contributed by atoms with Crippen LogP contribution in [0.5, 0.6) is 0 Å². The number of hydrogen-bond acceptors (Lipinski definition) is 0. The molecule has 0 N–H and O–H groups in total. The second-order valence-electron chi connectivity index (χ2n) is 4.32. The lowest BCUT2D eigenvalue weighted by molar-refractivity contribution is 0.307. The van der Waals surface area contributed by atoms with Gasteiger partial charge in [0.05, 0.1) is 0 Å². The van der Waals surface area contributed by atoms with E-state index in [1.165, 1.54) is 12.8 Å². The van der Waals surface area contributed by atoms with Crippen molar-refractivity contribution in [3.8, 4) is 0 Å². The maximum absolute atomic E-state index is 2.50. The first-order valence-corrected chi connectivity index (χ1v) is 4.60. The van der Waals surface area contributed by atoms with E-state index in [4.69, 9.17) is 0 Å². The second-order valence-corrected chi connectivity index (χ2v) is 4.32. The summed E-state index contributed by atoms with van der Waals surface area (Å²) in [5.41, 5.74) is 0. The Morgan fingerprint density at radius 2 is 1.80 bits per heavy atom. The van der Waals surface area contributed by atoms with Gasteiger partial charge in [0, 0.05) is 0 Å². The minimum atomic E-state index is 1.00. The summed E-state index contributed by atoms with van der Waals surface area (Å²) in [5, 5.41) is 0. The SMILES string of the molecule is C1=CC2CC3CC2CC3C1. The third kappa shape index (κ3) is 0.531. The summed E-state index contributed by atoms with van der Waals surface area (Å²) in [5.74, 6) is 4.34. The molecule has 0 radical (unpaired) electrons. The van der Waals surface area contributed by atoms with Crippen LogP contribution in [0.25, 0.3) is 0 Å². The first-order valence-electron chi connectivity index (χ1n) is 4.60. The molecule has 0 aliphatic heterocycles. The average Bonchev–Trinajstić information content (AvgIpc) is 2.35. The van der Waals surface area contributed by atoms with Crippen LogP contribution in [-0.4, -0.2) is 0 Å². The van der Waals surface area contributed by atoms with E-state index in [1.807, 2.05) is 0 Å². The van der Waals surface area contributed by atoms with Gasteiger partial charge in [0.15, 0.2) is 0 Å². The zero-order chi connectivity index (χ0) is 6.55. The predicted octanol–water partition coefficient (Wildman–Crippen LogP) is 2.61. The summed E-state index contributed by atoms with van der Waals surface area (Å²) in [4.78, 5) is 0. The van der Waals surface area contributed by atoms with Crippen LogP contribution < -0.4 is 0 Å². The van der Waals surface area contributed by atoms with Gasteiger partial charge in [0.2, 0.25) is 0 Å². The van der Waals surface area contributed by atoms with Crippen LogP contribution in [0.2, 0.25) is 0 Å². The lowest BCUT2D eigenvalue weighted by Crippen LogP contribution is -2.12. The van der Waals surface area contributed by atoms with Gasteiger partial charge in [-0.05, 0) is 49.4 Å². The number of fused-ring (bicyclic) bond motifs is 1. The zero-order valence-corrected chi connectivity index (χ0v) is 6.29. The van der Waals surface area contributed by atoms with E-state index in [1.54, 1.807) is 12.8 Å². The lowest BCUT2D eigenvalue weighted by Gasteiger charge is -2.21. The molecule has 54 valence electrons. The highest BCUT2D eigenvalue weighted by Crippen LogP contribution is 2.55. The molecular formula is C10H14. The molecule has 0 amide bonds. The minimum Gasteiger partial charge on any atom is -0.0880 e. The summed E-state index contributed by atoms with van der Waals surface area (Å²) in [6, 6.07) is 0. The number of rotatable bonds is 0. The molecule has 0 aromatic carbocycles. The average molecular weight is 134 g/mol. The quantitative estimate of drug-likeness (QED) is 0.447. The second kappa shape index (κ2) is 1.66. The Bertz CT molecular complexity index is 180. The molecule has 10 heavy (non-hydrogen) atoms. The minimum absolute atomic E-state index is 1.00. The smallest absolute Gasteiger partial charge is 0.0202 e. The first kappa shape index (κ1) is 5.40. The van der Waals surface area contributed by atoms with Gasteiger partial charge in [-0.15, -0.1) is 0 Å². The van der Waals surface area contributed by atoms with Crippen molar-refractivity contribution in [3.05, 3.63) is 12.2 Å². The molecule has 4 unspecified atom stereocenters. The van der Waals surface area contributed by atoms with Crippen molar-refractivity contribution in [2.45, 2.75) is 25.7 Å². The van der Waals surface area contributed by atoms with Gasteiger partial charge in [-0.2, -0.15) is 0 Å². The van der Waals surface area contributed by atoms with Crippen molar-refractivity contribution >= 4 is 0 Å². The molecule has 2 saturated carbocycles. The standard InChI is InChI=1S/C10H14/c1-2-7-4-10-6-9(7)5-8(10)3-1/h1-2,7-10H,3-6H2. The molecule has 4 bridgehead atoms. The fourth-order valence-electron chi connectivity index (χ4n) is 3.39. The van der Waals surface area contributed by atoms with Gasteiger partial charge in [-0.25, -0.2) is 0 Å². The maximum atomic E-state index is 2.50. The molecule has 0 aromatic heterocycles. The third-order valence-corrected chi connectivity index (χ3v) is 3.88. The summed E-state index contributed by atoms with van der Waals surface area (Å²) < 4.78 is 0. The van der Waals surface area contributed by atoms with Gasteiger partial charge >= 0.3 is 0 Å². The van der Waals surface area contributed by atoms with Crippen LogP contribution in [-0.2, 0) is 0 Å². The van der Waals surface area contributed by atoms with Crippen LogP contribution in [0.3, 0.4) is 0 Å². The summed E-state index contributed by atoms with van der Waals surface area (Å²) >= 11 is 0. The molecular weight excluding hydrogens is 120 g/mol. The van der Waals surface area contributed by atoms with Crippen LogP contribution >= 0.6 is 0 Å². The van der Waals surface area contributed by atoms with Crippen LogP contribution in [0.4, 0.5) is 0 Å². The third-order valence-electron chi connectivity index (χ3n) is 3.88. The Balaban J connectivity index is 2.04. The molecule has 0 saturated heterocycles. The van der Waals surface area contributed by atoms with E-state index in [9.17, 15) is 0 Å². The van der Waals surface area contributed by atoms with E-state index in [0.29, 0.717) is 0 Å². The molecule has 0 spiro atoms. The van der Waals surface area contributed by atoms with Crippen molar-refractivity contribution < 1.29 is 0 Å². The lowest BCUT2D eigenvalue weighted by atomic mass is 9.84. The highest BCUT2D eigenvalue weighted by molar-refractivity contribution is 5.08. The van der Waals surface area contributed by atoms with E-state index < -0.39 is 0 Å². The molecule has 0 nitrogen and oxygen atoms in total. The summed E-state index contributed by atoms with van der Waals surface area (Å²) in [6.45, 7) is 0. The maximum Gasteiger partial charge on any atom is -0.0202 e. The Kier molecular flexibility index (Phi) is 0.898. The van der Waals surface area contributed by atoms with Gasteiger partial charge in [-0.1, -0.05) is 12.2 Å². The van der Waals surface area contributed by atoms with Gasteiger partial charge < -0.3 is 0 Å². The normalized spacial score (nSPS) is 56.0. The van der Waals surface area contributed by atoms with Crippen molar-refractivity contribution in [2.75, 3.05) is 0 Å². The topological polar surface area (TPSA) is 0 Å². The summed E-state index contributed by atoms with van der Waals surface area (Å²) in [6.07, 6.45) is 11.0. The molecule has 4 atom stereocenters.